The Kier molecular flexibility index (Phi) is 4.51. The maximum atomic E-state index is 12.4. The van der Waals surface area contributed by atoms with Gasteiger partial charge in [-0.3, -0.25) is 0 Å². The lowest BCUT2D eigenvalue weighted by molar-refractivity contribution is 0.0514. The molecular weight excluding hydrogens is 332 g/mol. The highest BCUT2D eigenvalue weighted by Gasteiger charge is 2.24. The summed E-state index contributed by atoms with van der Waals surface area (Å²) >= 11 is 0. The fourth-order valence-corrected chi connectivity index (χ4v) is 3.40. The molecule has 1 aromatic carbocycles. The first-order valence-electron chi connectivity index (χ1n) is 8.98. The normalized spacial score (nSPS) is 14.5. The average Bonchev–Trinajstić information content (AvgIpc) is 2.98. The fourth-order valence-electron chi connectivity index (χ4n) is 3.40. The summed E-state index contributed by atoms with van der Waals surface area (Å²) in [6.07, 6.45) is 5.31. The lowest BCUT2D eigenvalue weighted by atomic mass is 9.96. The van der Waals surface area contributed by atoms with Gasteiger partial charge in [0.1, 0.15) is 5.75 Å². The highest BCUT2D eigenvalue weighted by atomic mass is 16.5. The maximum absolute atomic E-state index is 12.4. The van der Waals surface area contributed by atoms with Gasteiger partial charge in [0.2, 0.25) is 0 Å². The van der Waals surface area contributed by atoms with E-state index < -0.39 is 5.97 Å². The molecule has 1 fully saturated rings. The van der Waals surface area contributed by atoms with Crippen LogP contribution in [0.1, 0.15) is 42.2 Å². The second-order valence-corrected chi connectivity index (χ2v) is 6.50. The van der Waals surface area contributed by atoms with Crippen LogP contribution in [0.2, 0.25) is 0 Å². The first-order valence-corrected chi connectivity index (χ1v) is 8.98. The van der Waals surface area contributed by atoms with E-state index in [1.54, 1.807) is 20.2 Å². The smallest absolute Gasteiger partial charge is 0.357 e. The van der Waals surface area contributed by atoms with Crippen LogP contribution in [0, 0.1) is 0 Å². The molecule has 6 heteroatoms. The van der Waals surface area contributed by atoms with Gasteiger partial charge in [0.05, 0.1) is 36.5 Å². The molecule has 0 aliphatic heterocycles. The number of ether oxygens (including phenoxy) is 3. The second-order valence-electron chi connectivity index (χ2n) is 6.50. The van der Waals surface area contributed by atoms with E-state index in [4.69, 9.17) is 14.2 Å². The van der Waals surface area contributed by atoms with Crippen molar-refractivity contribution in [2.45, 2.75) is 38.9 Å². The van der Waals surface area contributed by atoms with Gasteiger partial charge in [-0.25, -0.2) is 9.78 Å². The van der Waals surface area contributed by atoms with E-state index in [2.05, 4.69) is 9.97 Å². The molecule has 0 spiro atoms. The van der Waals surface area contributed by atoms with Crippen LogP contribution < -0.4 is 4.74 Å². The molecule has 0 unspecified atom stereocenters. The van der Waals surface area contributed by atoms with Crippen molar-refractivity contribution >= 4 is 27.8 Å². The lowest BCUT2D eigenvalue weighted by Gasteiger charge is -2.26. The van der Waals surface area contributed by atoms with E-state index in [1.165, 1.54) is 6.42 Å². The molecule has 1 aliphatic rings. The Labute approximate surface area is 151 Å². The monoisotopic (exact) mass is 354 g/mol. The predicted octanol–water partition coefficient (Wildman–Crippen LogP) is 3.97. The Balaban J connectivity index is 1.95. The molecule has 4 rings (SSSR count). The molecule has 2 aromatic heterocycles. The van der Waals surface area contributed by atoms with E-state index in [0.717, 1.165) is 46.0 Å². The van der Waals surface area contributed by atoms with Crippen LogP contribution >= 0.6 is 0 Å². The van der Waals surface area contributed by atoms with E-state index in [9.17, 15) is 4.79 Å². The number of nitrogens with zero attached hydrogens (tertiary/aromatic N) is 1. The number of methoxy groups -OCH3 is 1. The zero-order valence-corrected chi connectivity index (χ0v) is 15.0. The Bertz CT molecular complexity index is 959. The molecule has 6 nitrogen and oxygen atoms in total. The highest BCUT2D eigenvalue weighted by Crippen LogP contribution is 2.38. The molecule has 0 atom stereocenters. The number of benzene rings is 1. The van der Waals surface area contributed by atoms with Crippen molar-refractivity contribution in [2.75, 3.05) is 13.7 Å². The minimum absolute atomic E-state index is 0.266. The number of hydrogen-bond donors (Lipinski definition) is 1. The summed E-state index contributed by atoms with van der Waals surface area (Å²) in [5, 5.41) is 1.88. The average molecular weight is 354 g/mol. The maximum Gasteiger partial charge on any atom is 0.357 e. The molecule has 1 aliphatic carbocycles. The Morgan fingerprint density at radius 3 is 2.81 bits per heavy atom. The minimum atomic E-state index is -0.437. The number of H-pyrrole nitrogens is 1. The minimum Gasteiger partial charge on any atom is -0.490 e. The first kappa shape index (κ1) is 16.8. The third-order valence-corrected chi connectivity index (χ3v) is 4.83. The van der Waals surface area contributed by atoms with Crippen LogP contribution in [0.5, 0.6) is 5.75 Å². The lowest BCUT2D eigenvalue weighted by Crippen LogP contribution is -2.24. The van der Waals surface area contributed by atoms with Crippen LogP contribution in [0.4, 0.5) is 0 Å². The van der Waals surface area contributed by atoms with Crippen molar-refractivity contribution in [3.05, 3.63) is 35.7 Å². The van der Waals surface area contributed by atoms with Crippen molar-refractivity contribution in [2.24, 2.45) is 0 Å². The number of fused-ring (bicyclic) bond motifs is 3. The second kappa shape index (κ2) is 6.96. The number of carbonyl (C=O) groups is 1. The standard InChI is InChI=1S/C20H22N2O4/c1-3-25-20(23)19-13(11-24-2)17-15(10-21-19)22-14-8-5-9-16(18(14)17)26-12-6-4-7-12/h5,8-10,12,22H,3-4,6-7,11H2,1-2H3. The summed E-state index contributed by atoms with van der Waals surface area (Å²) in [7, 11) is 1.61. The Morgan fingerprint density at radius 2 is 2.12 bits per heavy atom. The zero-order valence-electron chi connectivity index (χ0n) is 15.0. The van der Waals surface area contributed by atoms with Gasteiger partial charge in [-0.15, -0.1) is 0 Å². The number of esters is 1. The van der Waals surface area contributed by atoms with Gasteiger partial charge in [-0.2, -0.15) is 0 Å². The van der Waals surface area contributed by atoms with E-state index in [-0.39, 0.29) is 12.7 Å². The summed E-state index contributed by atoms with van der Waals surface area (Å²) in [5.41, 5.74) is 2.82. The summed E-state index contributed by atoms with van der Waals surface area (Å²) in [4.78, 5) is 20.1. The SMILES string of the molecule is CCOC(=O)c1ncc2[nH]c3cccc(OC4CCC4)c3c2c1COC. The molecule has 1 N–H and O–H groups in total. The molecule has 1 saturated carbocycles. The molecule has 0 amide bonds. The first-order chi connectivity index (χ1) is 12.7. The topological polar surface area (TPSA) is 73.4 Å². The summed E-state index contributed by atoms with van der Waals surface area (Å²) in [5.74, 6) is 0.394. The molecule has 136 valence electrons. The Morgan fingerprint density at radius 1 is 1.27 bits per heavy atom. The van der Waals surface area contributed by atoms with Crippen molar-refractivity contribution in [3.63, 3.8) is 0 Å². The molecule has 0 bridgehead atoms. The number of pyridine rings is 1. The van der Waals surface area contributed by atoms with Crippen LogP contribution in [0.25, 0.3) is 21.8 Å². The molecule has 2 heterocycles. The van der Waals surface area contributed by atoms with Gasteiger partial charge < -0.3 is 19.2 Å². The Hall–Kier alpha value is -2.60. The van der Waals surface area contributed by atoms with Gasteiger partial charge >= 0.3 is 5.97 Å². The van der Waals surface area contributed by atoms with Crippen LogP contribution in [-0.2, 0) is 16.1 Å². The van der Waals surface area contributed by atoms with E-state index in [0.29, 0.717) is 12.3 Å². The van der Waals surface area contributed by atoms with Crippen LogP contribution in [0.3, 0.4) is 0 Å². The molecular formula is C20H22N2O4. The summed E-state index contributed by atoms with van der Waals surface area (Å²) in [6.45, 7) is 2.35. The van der Waals surface area contributed by atoms with Crippen molar-refractivity contribution < 1.29 is 19.0 Å². The molecule has 0 radical (unpaired) electrons. The molecule has 26 heavy (non-hydrogen) atoms. The number of aromatic amines is 1. The number of nitrogens with one attached hydrogen (secondary N) is 1. The fraction of sp³-hybridized carbons (Fsp3) is 0.400. The van der Waals surface area contributed by atoms with Crippen molar-refractivity contribution in [1.29, 1.82) is 0 Å². The van der Waals surface area contributed by atoms with Crippen LogP contribution in [-0.4, -0.2) is 35.8 Å². The number of carbonyl (C=O) groups excluding carboxylic acids is 1. The van der Waals surface area contributed by atoms with Gasteiger partial charge in [-0.1, -0.05) is 6.07 Å². The summed E-state index contributed by atoms with van der Waals surface area (Å²) in [6, 6.07) is 5.96. The van der Waals surface area contributed by atoms with Crippen molar-refractivity contribution in [1.82, 2.24) is 9.97 Å². The van der Waals surface area contributed by atoms with Gasteiger partial charge in [-0.05, 0) is 38.3 Å². The quantitative estimate of drug-likeness (QED) is 0.678. The third kappa shape index (κ3) is 2.80. The zero-order chi connectivity index (χ0) is 18.1. The third-order valence-electron chi connectivity index (χ3n) is 4.83. The predicted molar refractivity (Wildman–Crippen MR) is 98.5 cm³/mol. The number of hydrogen-bond acceptors (Lipinski definition) is 5. The van der Waals surface area contributed by atoms with E-state index >= 15 is 0 Å². The molecule has 3 aromatic rings. The molecule has 0 saturated heterocycles. The largest absolute Gasteiger partial charge is 0.490 e. The van der Waals surface area contributed by atoms with Crippen LogP contribution in [0.15, 0.2) is 24.4 Å². The van der Waals surface area contributed by atoms with Gasteiger partial charge in [0, 0.05) is 23.4 Å². The number of rotatable bonds is 6. The number of aromatic nitrogens is 2. The van der Waals surface area contributed by atoms with Gasteiger partial charge in [0.15, 0.2) is 5.69 Å². The van der Waals surface area contributed by atoms with Crippen molar-refractivity contribution in [3.8, 4) is 5.75 Å². The van der Waals surface area contributed by atoms with Gasteiger partial charge in [0.25, 0.3) is 0 Å². The van der Waals surface area contributed by atoms with E-state index in [1.807, 2.05) is 18.2 Å². The highest BCUT2D eigenvalue weighted by molar-refractivity contribution is 6.13. The summed E-state index contributed by atoms with van der Waals surface area (Å²) < 4.78 is 16.8.